The first-order valence-electron chi connectivity index (χ1n) is 6.91. The zero-order valence-electron chi connectivity index (χ0n) is 12.6. The molecule has 0 saturated carbocycles. The highest BCUT2D eigenvalue weighted by Crippen LogP contribution is 2.24. The molecule has 124 valence electrons. The average Bonchev–Trinajstić information content (AvgIpc) is 2.98. The van der Waals surface area contributed by atoms with Crippen LogP contribution < -0.4 is 4.74 Å². The van der Waals surface area contributed by atoms with Crippen molar-refractivity contribution >= 4 is 32.8 Å². The number of benzene rings is 1. The SMILES string of the molecule is CS(=O)(=O)c1ccc(-c2cncc(OCc3ccc(Cl)s3)n2)cc1. The lowest BCUT2D eigenvalue weighted by Gasteiger charge is -2.06. The van der Waals surface area contributed by atoms with Crippen LogP contribution in [0.4, 0.5) is 0 Å². The Morgan fingerprint density at radius 2 is 1.88 bits per heavy atom. The van der Waals surface area contributed by atoms with Gasteiger partial charge in [0, 0.05) is 16.7 Å². The fourth-order valence-electron chi connectivity index (χ4n) is 2.00. The van der Waals surface area contributed by atoms with Gasteiger partial charge in [-0.15, -0.1) is 11.3 Å². The van der Waals surface area contributed by atoms with Gasteiger partial charge in [0.25, 0.3) is 0 Å². The molecule has 0 aliphatic heterocycles. The van der Waals surface area contributed by atoms with Gasteiger partial charge in [0.2, 0.25) is 5.88 Å². The van der Waals surface area contributed by atoms with Gasteiger partial charge in [0.15, 0.2) is 9.84 Å². The van der Waals surface area contributed by atoms with E-state index >= 15 is 0 Å². The summed E-state index contributed by atoms with van der Waals surface area (Å²) in [6.45, 7) is 0.364. The predicted molar refractivity (Wildman–Crippen MR) is 94.2 cm³/mol. The van der Waals surface area contributed by atoms with Gasteiger partial charge in [0.1, 0.15) is 6.61 Å². The largest absolute Gasteiger partial charge is 0.471 e. The molecule has 0 radical (unpaired) electrons. The van der Waals surface area contributed by atoms with Crippen LogP contribution in [0.1, 0.15) is 4.88 Å². The molecule has 0 bridgehead atoms. The van der Waals surface area contributed by atoms with Crippen molar-refractivity contribution in [1.82, 2.24) is 9.97 Å². The lowest BCUT2D eigenvalue weighted by molar-refractivity contribution is 0.296. The fraction of sp³-hybridized carbons (Fsp3) is 0.125. The summed E-state index contributed by atoms with van der Waals surface area (Å²) in [5.41, 5.74) is 1.37. The van der Waals surface area contributed by atoms with E-state index in [2.05, 4.69) is 9.97 Å². The minimum absolute atomic E-state index is 0.265. The number of rotatable bonds is 5. The van der Waals surface area contributed by atoms with E-state index in [0.29, 0.717) is 22.5 Å². The third kappa shape index (κ3) is 4.11. The molecule has 3 aromatic rings. The lowest BCUT2D eigenvalue weighted by Crippen LogP contribution is -1.98. The summed E-state index contributed by atoms with van der Waals surface area (Å²) >= 11 is 7.33. The first-order chi connectivity index (χ1) is 11.4. The summed E-state index contributed by atoms with van der Waals surface area (Å²) in [6.07, 6.45) is 4.31. The maximum Gasteiger partial charge on any atom is 0.233 e. The Morgan fingerprint density at radius 1 is 1.12 bits per heavy atom. The molecule has 2 heterocycles. The fourth-order valence-corrected chi connectivity index (χ4v) is 3.64. The van der Waals surface area contributed by atoms with Gasteiger partial charge in [-0.1, -0.05) is 23.7 Å². The van der Waals surface area contributed by atoms with Crippen LogP contribution in [0.5, 0.6) is 5.88 Å². The van der Waals surface area contributed by atoms with Crippen LogP contribution in [-0.2, 0) is 16.4 Å². The van der Waals surface area contributed by atoms with Crippen molar-refractivity contribution in [2.75, 3.05) is 6.26 Å². The van der Waals surface area contributed by atoms with Crippen LogP contribution in [0.25, 0.3) is 11.3 Å². The van der Waals surface area contributed by atoms with E-state index in [9.17, 15) is 8.42 Å². The quantitative estimate of drug-likeness (QED) is 0.672. The van der Waals surface area contributed by atoms with Gasteiger partial charge in [-0.2, -0.15) is 0 Å². The molecule has 8 heteroatoms. The number of hydrogen-bond donors (Lipinski definition) is 0. The van der Waals surface area contributed by atoms with E-state index in [4.69, 9.17) is 16.3 Å². The molecule has 0 fully saturated rings. The number of ether oxygens (including phenoxy) is 1. The molecule has 0 unspecified atom stereocenters. The zero-order valence-corrected chi connectivity index (χ0v) is 15.0. The molecule has 1 aromatic carbocycles. The van der Waals surface area contributed by atoms with Crippen LogP contribution in [0, 0.1) is 0 Å². The lowest BCUT2D eigenvalue weighted by atomic mass is 10.2. The number of thiophene rings is 1. The van der Waals surface area contributed by atoms with Crippen LogP contribution in [0.15, 0.2) is 53.7 Å². The molecule has 0 aliphatic rings. The third-order valence-electron chi connectivity index (χ3n) is 3.18. The van der Waals surface area contributed by atoms with Gasteiger partial charge in [0.05, 0.1) is 27.3 Å². The van der Waals surface area contributed by atoms with Gasteiger partial charge in [-0.3, -0.25) is 4.98 Å². The van der Waals surface area contributed by atoms with Crippen LogP contribution in [-0.4, -0.2) is 24.6 Å². The number of halogens is 1. The molecule has 0 atom stereocenters. The van der Waals surface area contributed by atoms with E-state index in [1.54, 1.807) is 30.5 Å². The van der Waals surface area contributed by atoms with Crippen LogP contribution >= 0.6 is 22.9 Å². The van der Waals surface area contributed by atoms with E-state index < -0.39 is 9.84 Å². The standard InChI is InChI=1S/C16H13ClN2O3S2/c1-24(20,21)13-5-2-11(3-6-13)14-8-18-9-16(19-14)22-10-12-4-7-15(17)23-12/h2-9H,10H2,1H3. The molecular weight excluding hydrogens is 368 g/mol. The maximum atomic E-state index is 11.5. The summed E-state index contributed by atoms with van der Waals surface area (Å²) in [5, 5.41) is 0. The van der Waals surface area contributed by atoms with E-state index in [1.807, 2.05) is 12.1 Å². The predicted octanol–water partition coefficient (Wildman–Crippen LogP) is 3.84. The summed E-state index contributed by atoms with van der Waals surface area (Å²) in [4.78, 5) is 9.77. The minimum Gasteiger partial charge on any atom is -0.471 e. The molecule has 3 rings (SSSR count). The van der Waals surface area contributed by atoms with Crippen molar-refractivity contribution in [2.45, 2.75) is 11.5 Å². The molecule has 24 heavy (non-hydrogen) atoms. The number of nitrogens with zero attached hydrogens (tertiary/aromatic N) is 2. The summed E-state index contributed by atoms with van der Waals surface area (Å²) in [5.74, 6) is 0.393. The van der Waals surface area contributed by atoms with Gasteiger partial charge in [-0.25, -0.2) is 13.4 Å². The maximum absolute atomic E-state index is 11.5. The molecular formula is C16H13ClN2O3S2. The van der Waals surface area contributed by atoms with Gasteiger partial charge >= 0.3 is 0 Å². The molecule has 2 aromatic heterocycles. The Hall–Kier alpha value is -1.96. The molecule has 5 nitrogen and oxygen atoms in total. The van der Waals surface area contributed by atoms with Crippen molar-refractivity contribution < 1.29 is 13.2 Å². The Kier molecular flexibility index (Phi) is 4.84. The van der Waals surface area contributed by atoms with Crippen molar-refractivity contribution in [3.63, 3.8) is 0 Å². The Balaban J connectivity index is 1.77. The highest BCUT2D eigenvalue weighted by Gasteiger charge is 2.08. The second-order valence-corrected chi connectivity index (χ2v) is 8.85. The third-order valence-corrected chi connectivity index (χ3v) is 5.51. The van der Waals surface area contributed by atoms with Crippen LogP contribution in [0.3, 0.4) is 0 Å². The topological polar surface area (TPSA) is 69.2 Å². The Morgan fingerprint density at radius 3 is 2.50 bits per heavy atom. The first-order valence-corrected chi connectivity index (χ1v) is 10.00. The Labute approximate surface area is 148 Å². The monoisotopic (exact) mass is 380 g/mol. The highest BCUT2D eigenvalue weighted by molar-refractivity contribution is 7.90. The van der Waals surface area contributed by atoms with Crippen LogP contribution in [0.2, 0.25) is 4.34 Å². The molecule has 0 amide bonds. The number of sulfone groups is 1. The van der Waals surface area contributed by atoms with Crippen molar-refractivity contribution in [1.29, 1.82) is 0 Å². The highest BCUT2D eigenvalue weighted by atomic mass is 35.5. The summed E-state index contributed by atoms with van der Waals surface area (Å²) < 4.78 is 29.3. The number of hydrogen-bond acceptors (Lipinski definition) is 6. The minimum atomic E-state index is -3.22. The van der Waals surface area contributed by atoms with Gasteiger partial charge < -0.3 is 4.74 Å². The van der Waals surface area contributed by atoms with Crippen molar-refractivity contribution in [3.05, 3.63) is 58.0 Å². The van der Waals surface area contributed by atoms with Crippen molar-refractivity contribution in [3.8, 4) is 17.1 Å². The average molecular weight is 381 g/mol. The summed E-state index contributed by atoms with van der Waals surface area (Å²) in [7, 11) is -3.22. The Bertz CT molecular complexity index is 953. The van der Waals surface area contributed by atoms with Gasteiger partial charge in [-0.05, 0) is 24.3 Å². The van der Waals surface area contributed by atoms with E-state index in [-0.39, 0.29) is 4.90 Å². The first kappa shape index (κ1) is 16.9. The zero-order chi connectivity index (χ0) is 17.2. The second-order valence-electron chi connectivity index (χ2n) is 5.03. The van der Waals surface area contributed by atoms with E-state index in [1.165, 1.54) is 23.8 Å². The smallest absolute Gasteiger partial charge is 0.233 e. The van der Waals surface area contributed by atoms with E-state index in [0.717, 1.165) is 10.4 Å². The molecule has 0 N–H and O–H groups in total. The second kappa shape index (κ2) is 6.88. The van der Waals surface area contributed by atoms with Crippen molar-refractivity contribution in [2.24, 2.45) is 0 Å². The molecule has 0 aliphatic carbocycles. The number of aromatic nitrogens is 2. The normalized spacial score (nSPS) is 11.4. The molecule has 0 spiro atoms. The summed E-state index contributed by atoms with van der Waals surface area (Å²) in [6, 6.07) is 10.2. The molecule has 0 saturated heterocycles.